The average molecular weight is 221 g/mol. The maximum absolute atomic E-state index is 5.62. The number of benzene rings is 1. The summed E-state index contributed by atoms with van der Waals surface area (Å²) in [6.45, 7) is 3.36. The molecule has 0 spiro atoms. The first kappa shape index (κ1) is 12.6. The van der Waals surface area contributed by atoms with Gasteiger partial charge in [-0.15, -0.1) is 0 Å². The summed E-state index contributed by atoms with van der Waals surface area (Å²) in [6.07, 6.45) is 3.92. The van der Waals surface area contributed by atoms with E-state index in [1.807, 2.05) is 44.3 Å². The predicted molar refractivity (Wildman–Crippen MR) is 66.1 cm³/mol. The molecule has 16 heavy (non-hydrogen) atoms. The fourth-order valence-corrected chi connectivity index (χ4v) is 1.38. The third-order valence-electron chi connectivity index (χ3n) is 2.18. The van der Waals surface area contributed by atoms with Crippen LogP contribution in [0.15, 0.2) is 30.4 Å². The van der Waals surface area contributed by atoms with Crippen LogP contribution in [0.5, 0.6) is 11.5 Å². The van der Waals surface area contributed by atoms with E-state index in [1.165, 1.54) is 5.56 Å². The molecule has 0 atom stereocenters. The third kappa shape index (κ3) is 3.59. The van der Waals surface area contributed by atoms with Gasteiger partial charge in [-0.3, -0.25) is 0 Å². The van der Waals surface area contributed by atoms with Crippen molar-refractivity contribution in [2.75, 3.05) is 20.8 Å². The first-order valence-corrected chi connectivity index (χ1v) is 5.37. The Morgan fingerprint density at radius 1 is 1.31 bits per heavy atom. The highest BCUT2D eigenvalue weighted by molar-refractivity contribution is 5.43. The molecule has 3 heteroatoms. The van der Waals surface area contributed by atoms with Gasteiger partial charge in [-0.25, -0.2) is 0 Å². The highest BCUT2D eigenvalue weighted by Crippen LogP contribution is 2.27. The van der Waals surface area contributed by atoms with E-state index in [2.05, 4.69) is 5.32 Å². The number of hydrogen-bond acceptors (Lipinski definition) is 3. The van der Waals surface area contributed by atoms with Gasteiger partial charge in [-0.2, -0.15) is 0 Å². The molecule has 3 nitrogen and oxygen atoms in total. The molecule has 1 rings (SSSR count). The molecule has 1 N–H and O–H groups in total. The van der Waals surface area contributed by atoms with Crippen LogP contribution in [-0.4, -0.2) is 20.8 Å². The van der Waals surface area contributed by atoms with Crippen molar-refractivity contribution in [1.82, 2.24) is 5.32 Å². The van der Waals surface area contributed by atoms with Crippen molar-refractivity contribution >= 4 is 0 Å². The lowest BCUT2D eigenvalue weighted by Crippen LogP contribution is -2.05. The highest BCUT2D eigenvalue weighted by atomic mass is 16.5. The van der Waals surface area contributed by atoms with Crippen LogP contribution in [0.25, 0.3) is 0 Å². The van der Waals surface area contributed by atoms with Crippen LogP contribution < -0.4 is 14.8 Å². The minimum absolute atomic E-state index is 0.565. The van der Waals surface area contributed by atoms with Gasteiger partial charge in [0.25, 0.3) is 0 Å². The molecule has 1 aromatic carbocycles. The molecule has 0 heterocycles. The summed E-state index contributed by atoms with van der Waals surface area (Å²) in [6, 6.07) is 5.95. The second kappa shape index (κ2) is 6.90. The Morgan fingerprint density at radius 3 is 2.75 bits per heavy atom. The summed E-state index contributed by atoms with van der Waals surface area (Å²) >= 11 is 0. The summed E-state index contributed by atoms with van der Waals surface area (Å²) in [7, 11) is 3.57. The SMILES string of the molecule is C/C=C/COc1cc(CNC)ccc1OC. The standard InChI is InChI=1S/C13H19NO2/c1-4-5-8-16-13-9-11(10-14-2)6-7-12(13)15-3/h4-7,9,14H,8,10H2,1-3H3/b5-4+. The first-order chi connectivity index (χ1) is 7.81. The van der Waals surface area contributed by atoms with Gasteiger partial charge in [-0.1, -0.05) is 18.2 Å². The molecule has 0 aliphatic rings. The van der Waals surface area contributed by atoms with Gasteiger partial charge in [0.1, 0.15) is 6.61 Å². The minimum Gasteiger partial charge on any atom is -0.493 e. The molecule has 0 aromatic heterocycles. The van der Waals surface area contributed by atoms with E-state index in [-0.39, 0.29) is 0 Å². The van der Waals surface area contributed by atoms with Crippen LogP contribution in [-0.2, 0) is 6.54 Å². The molecule has 0 radical (unpaired) electrons. The largest absolute Gasteiger partial charge is 0.493 e. The minimum atomic E-state index is 0.565. The van der Waals surface area contributed by atoms with Crippen LogP contribution in [0, 0.1) is 0 Å². The van der Waals surface area contributed by atoms with Gasteiger partial charge in [0, 0.05) is 6.54 Å². The molecule has 0 amide bonds. The fourth-order valence-electron chi connectivity index (χ4n) is 1.38. The van der Waals surface area contributed by atoms with Gasteiger partial charge in [-0.05, 0) is 31.7 Å². The number of ether oxygens (including phenoxy) is 2. The summed E-state index contributed by atoms with van der Waals surface area (Å²) in [5, 5.41) is 3.11. The lowest BCUT2D eigenvalue weighted by molar-refractivity contribution is 0.325. The van der Waals surface area contributed by atoms with Crippen molar-refractivity contribution < 1.29 is 9.47 Å². The summed E-state index contributed by atoms with van der Waals surface area (Å²) in [5.41, 5.74) is 1.18. The molecule has 0 saturated heterocycles. The van der Waals surface area contributed by atoms with E-state index in [4.69, 9.17) is 9.47 Å². The molecule has 0 saturated carbocycles. The van der Waals surface area contributed by atoms with E-state index in [1.54, 1.807) is 7.11 Å². The quantitative estimate of drug-likeness (QED) is 0.748. The Hall–Kier alpha value is -1.48. The van der Waals surface area contributed by atoms with E-state index < -0.39 is 0 Å². The zero-order valence-corrected chi connectivity index (χ0v) is 10.1. The normalized spacial score (nSPS) is 10.7. The van der Waals surface area contributed by atoms with Crippen molar-refractivity contribution in [3.8, 4) is 11.5 Å². The number of allylic oxidation sites excluding steroid dienone is 1. The van der Waals surface area contributed by atoms with E-state index in [0.717, 1.165) is 18.0 Å². The van der Waals surface area contributed by atoms with Crippen molar-refractivity contribution in [3.63, 3.8) is 0 Å². The maximum Gasteiger partial charge on any atom is 0.161 e. The Labute approximate surface area is 97.1 Å². The molecular weight excluding hydrogens is 202 g/mol. The molecule has 0 unspecified atom stereocenters. The molecule has 1 aromatic rings. The average Bonchev–Trinajstić information content (AvgIpc) is 2.30. The fraction of sp³-hybridized carbons (Fsp3) is 0.385. The number of hydrogen-bond donors (Lipinski definition) is 1. The second-order valence-corrected chi connectivity index (χ2v) is 3.40. The number of nitrogens with one attached hydrogen (secondary N) is 1. The van der Waals surface area contributed by atoms with E-state index >= 15 is 0 Å². The van der Waals surface area contributed by atoms with Crippen LogP contribution in [0.3, 0.4) is 0 Å². The van der Waals surface area contributed by atoms with Crippen LogP contribution >= 0.6 is 0 Å². The monoisotopic (exact) mass is 221 g/mol. The van der Waals surface area contributed by atoms with Crippen LogP contribution in [0.2, 0.25) is 0 Å². The van der Waals surface area contributed by atoms with Crippen molar-refractivity contribution in [2.24, 2.45) is 0 Å². The van der Waals surface area contributed by atoms with Gasteiger partial charge in [0.05, 0.1) is 7.11 Å². The predicted octanol–water partition coefficient (Wildman–Crippen LogP) is 2.37. The first-order valence-electron chi connectivity index (χ1n) is 5.37. The Kier molecular flexibility index (Phi) is 5.43. The molecular formula is C13H19NO2. The second-order valence-electron chi connectivity index (χ2n) is 3.40. The molecule has 0 fully saturated rings. The number of rotatable bonds is 6. The summed E-state index contributed by atoms with van der Waals surface area (Å²) in [4.78, 5) is 0. The van der Waals surface area contributed by atoms with Crippen molar-refractivity contribution in [2.45, 2.75) is 13.5 Å². The zero-order chi connectivity index (χ0) is 11.8. The summed E-state index contributed by atoms with van der Waals surface area (Å²) in [5.74, 6) is 1.55. The lowest BCUT2D eigenvalue weighted by atomic mass is 10.2. The van der Waals surface area contributed by atoms with E-state index in [9.17, 15) is 0 Å². The third-order valence-corrected chi connectivity index (χ3v) is 2.18. The smallest absolute Gasteiger partial charge is 0.161 e. The van der Waals surface area contributed by atoms with Gasteiger partial charge in [0.15, 0.2) is 11.5 Å². The molecule has 0 bridgehead atoms. The van der Waals surface area contributed by atoms with Gasteiger partial charge in [0.2, 0.25) is 0 Å². The summed E-state index contributed by atoms with van der Waals surface area (Å²) < 4.78 is 10.9. The topological polar surface area (TPSA) is 30.5 Å². The Bertz CT molecular complexity index is 348. The molecule has 0 aliphatic heterocycles. The van der Waals surface area contributed by atoms with E-state index in [0.29, 0.717) is 6.61 Å². The highest BCUT2D eigenvalue weighted by Gasteiger charge is 2.04. The number of methoxy groups -OCH3 is 1. The van der Waals surface area contributed by atoms with Gasteiger partial charge >= 0.3 is 0 Å². The van der Waals surface area contributed by atoms with Crippen LogP contribution in [0.1, 0.15) is 12.5 Å². The Morgan fingerprint density at radius 2 is 2.12 bits per heavy atom. The maximum atomic E-state index is 5.62. The van der Waals surface area contributed by atoms with Gasteiger partial charge < -0.3 is 14.8 Å². The van der Waals surface area contributed by atoms with Crippen molar-refractivity contribution in [3.05, 3.63) is 35.9 Å². The van der Waals surface area contributed by atoms with Crippen LogP contribution in [0.4, 0.5) is 0 Å². The van der Waals surface area contributed by atoms with Crippen molar-refractivity contribution in [1.29, 1.82) is 0 Å². The molecule has 88 valence electrons. The lowest BCUT2D eigenvalue weighted by Gasteiger charge is -2.11. The Balaban J connectivity index is 2.79. The zero-order valence-electron chi connectivity index (χ0n) is 10.1. The molecule has 0 aliphatic carbocycles.